The van der Waals surface area contributed by atoms with Crippen LogP contribution in [0, 0.1) is 10.1 Å². The number of unbranched alkanes of at least 4 members (excludes halogenated alkanes) is 1. The number of ether oxygens (including phenoxy) is 2. The van der Waals surface area contributed by atoms with Gasteiger partial charge in [-0.05, 0) is 31.0 Å². The predicted molar refractivity (Wildman–Crippen MR) is 117 cm³/mol. The number of para-hydroxylation sites is 1. The van der Waals surface area contributed by atoms with Crippen molar-refractivity contribution < 1.29 is 32.4 Å². The fraction of sp³-hybridized carbons (Fsp3) is 0.300. The molecule has 0 aliphatic heterocycles. The van der Waals surface area contributed by atoms with Crippen molar-refractivity contribution in [3.8, 4) is 11.5 Å². The molecular weight excluding hydrogens is 442 g/mol. The van der Waals surface area contributed by atoms with Crippen LogP contribution in [0.25, 0.3) is 0 Å². The molecule has 0 aliphatic rings. The van der Waals surface area contributed by atoms with Crippen LogP contribution in [0.3, 0.4) is 0 Å². The summed E-state index contributed by atoms with van der Waals surface area (Å²) in [5.41, 5.74) is -0.750. The number of nitro groups is 1. The predicted octanol–water partition coefficient (Wildman–Crippen LogP) is 3.43. The summed E-state index contributed by atoms with van der Waals surface area (Å²) in [7, 11) is -2.49. The third-order valence-corrected chi connectivity index (χ3v) is 4.69. The van der Waals surface area contributed by atoms with E-state index in [9.17, 15) is 28.1 Å². The molecule has 12 heteroatoms. The van der Waals surface area contributed by atoms with Crippen molar-refractivity contribution in [2.24, 2.45) is 0 Å². The monoisotopic (exact) mass is 465 g/mol. The first kappa shape index (κ1) is 24.6. The highest BCUT2D eigenvalue weighted by Crippen LogP contribution is 2.39. The van der Waals surface area contributed by atoms with Crippen LogP contribution >= 0.6 is 0 Å². The lowest BCUT2D eigenvalue weighted by molar-refractivity contribution is -0.384. The number of methoxy groups -OCH3 is 1. The van der Waals surface area contributed by atoms with Gasteiger partial charge >= 0.3 is 5.97 Å². The topological polar surface area (TPSA) is 154 Å². The molecule has 0 aromatic heterocycles. The van der Waals surface area contributed by atoms with E-state index in [0.29, 0.717) is 18.6 Å². The van der Waals surface area contributed by atoms with Crippen molar-refractivity contribution in [3.63, 3.8) is 0 Å². The average molecular weight is 465 g/mol. The molecule has 32 heavy (non-hydrogen) atoms. The third-order valence-electron chi connectivity index (χ3n) is 4.10. The van der Waals surface area contributed by atoms with Gasteiger partial charge in [0.2, 0.25) is 15.9 Å². The van der Waals surface area contributed by atoms with Crippen LogP contribution in [0.15, 0.2) is 42.5 Å². The maximum absolute atomic E-state index is 12.3. The van der Waals surface area contributed by atoms with E-state index in [2.05, 4.69) is 14.8 Å². The number of nitrogens with zero attached hydrogens (tertiary/aromatic N) is 1. The second kappa shape index (κ2) is 11.1. The van der Waals surface area contributed by atoms with Crippen LogP contribution < -0.4 is 14.8 Å². The van der Waals surface area contributed by atoms with Crippen molar-refractivity contribution in [3.05, 3.63) is 52.6 Å². The summed E-state index contributed by atoms with van der Waals surface area (Å²) in [5, 5.41) is 14.0. The molecule has 0 saturated heterocycles. The van der Waals surface area contributed by atoms with E-state index in [1.807, 2.05) is 0 Å². The summed E-state index contributed by atoms with van der Waals surface area (Å²) in [4.78, 5) is 34.2. The zero-order chi connectivity index (χ0) is 23.7. The van der Waals surface area contributed by atoms with Gasteiger partial charge in [0.15, 0.2) is 5.75 Å². The Morgan fingerprint density at radius 2 is 1.72 bits per heavy atom. The Kier molecular flexibility index (Phi) is 8.53. The molecule has 2 N–H and O–H groups in total. The Balaban J connectivity index is 2.29. The number of sulfonamides is 1. The molecule has 1 amide bonds. The van der Waals surface area contributed by atoms with Crippen molar-refractivity contribution in [2.45, 2.75) is 25.7 Å². The number of anilines is 2. The van der Waals surface area contributed by atoms with Crippen molar-refractivity contribution in [1.82, 2.24) is 0 Å². The summed E-state index contributed by atoms with van der Waals surface area (Å²) in [6.07, 6.45) is 1.84. The zero-order valence-electron chi connectivity index (χ0n) is 17.5. The number of carbonyl (C=O) groups is 2. The van der Waals surface area contributed by atoms with Crippen LogP contribution in [-0.2, 0) is 24.3 Å². The maximum atomic E-state index is 12.3. The van der Waals surface area contributed by atoms with Gasteiger partial charge in [-0.1, -0.05) is 18.2 Å². The van der Waals surface area contributed by atoms with E-state index < -0.39 is 32.5 Å². The Hall–Kier alpha value is -3.67. The third kappa shape index (κ3) is 7.87. The number of carbonyl (C=O) groups excluding carboxylic acids is 2. The molecular formula is C20H23N3O8S. The zero-order valence-corrected chi connectivity index (χ0v) is 18.3. The number of hydrogen-bond donors (Lipinski definition) is 2. The van der Waals surface area contributed by atoms with E-state index in [1.54, 1.807) is 30.3 Å². The molecule has 0 aliphatic carbocycles. The van der Waals surface area contributed by atoms with Gasteiger partial charge in [0.25, 0.3) is 5.69 Å². The molecule has 2 rings (SSSR count). The van der Waals surface area contributed by atoms with Gasteiger partial charge in [0, 0.05) is 12.8 Å². The lowest BCUT2D eigenvalue weighted by Gasteiger charge is -2.15. The van der Waals surface area contributed by atoms with Crippen LogP contribution in [0.1, 0.15) is 25.7 Å². The van der Waals surface area contributed by atoms with Crippen LogP contribution in [-0.4, -0.2) is 38.6 Å². The molecule has 0 radical (unpaired) electrons. The van der Waals surface area contributed by atoms with Crippen molar-refractivity contribution in [2.75, 3.05) is 23.4 Å². The maximum Gasteiger partial charge on any atom is 0.305 e. The number of nitrogens with one attached hydrogen (secondary N) is 2. The summed E-state index contributed by atoms with van der Waals surface area (Å²) < 4.78 is 36.0. The van der Waals surface area contributed by atoms with Gasteiger partial charge < -0.3 is 14.8 Å². The van der Waals surface area contributed by atoms with E-state index >= 15 is 0 Å². The minimum absolute atomic E-state index is 0.00521. The molecule has 0 heterocycles. The Morgan fingerprint density at radius 3 is 2.31 bits per heavy atom. The molecule has 11 nitrogen and oxygen atoms in total. The molecule has 2 aromatic rings. The quantitative estimate of drug-likeness (QED) is 0.221. The summed E-state index contributed by atoms with van der Waals surface area (Å²) >= 11 is 0. The lowest BCUT2D eigenvalue weighted by atomic mass is 10.1. The number of amides is 1. The average Bonchev–Trinajstić information content (AvgIpc) is 2.72. The van der Waals surface area contributed by atoms with E-state index in [0.717, 1.165) is 18.4 Å². The Morgan fingerprint density at radius 1 is 1.06 bits per heavy atom. The van der Waals surface area contributed by atoms with Crippen LogP contribution in [0.4, 0.5) is 17.1 Å². The summed E-state index contributed by atoms with van der Waals surface area (Å²) in [5.74, 6) is -0.698. The molecule has 0 atom stereocenters. The van der Waals surface area contributed by atoms with Crippen LogP contribution in [0.2, 0.25) is 0 Å². The van der Waals surface area contributed by atoms with Gasteiger partial charge in [-0.15, -0.1) is 0 Å². The molecule has 0 unspecified atom stereocenters. The summed E-state index contributed by atoms with van der Waals surface area (Å²) in [6.45, 7) is 0. The fourth-order valence-electron chi connectivity index (χ4n) is 2.67. The molecule has 172 valence electrons. The molecule has 2 aromatic carbocycles. The highest BCUT2D eigenvalue weighted by atomic mass is 32.2. The van der Waals surface area contributed by atoms with Gasteiger partial charge in [-0.3, -0.25) is 24.4 Å². The second-order valence-electron chi connectivity index (χ2n) is 6.74. The van der Waals surface area contributed by atoms with Gasteiger partial charge in [-0.25, -0.2) is 8.42 Å². The molecule has 0 bridgehead atoms. The van der Waals surface area contributed by atoms with Gasteiger partial charge in [0.05, 0.1) is 30.0 Å². The first-order chi connectivity index (χ1) is 15.1. The lowest BCUT2D eigenvalue weighted by Crippen LogP contribution is -2.15. The van der Waals surface area contributed by atoms with E-state index in [-0.39, 0.29) is 30.0 Å². The van der Waals surface area contributed by atoms with Crippen molar-refractivity contribution in [1.29, 1.82) is 0 Å². The smallest absolute Gasteiger partial charge is 0.305 e. The highest BCUT2D eigenvalue weighted by Gasteiger charge is 2.22. The van der Waals surface area contributed by atoms with Crippen molar-refractivity contribution >= 4 is 39.0 Å². The second-order valence-corrected chi connectivity index (χ2v) is 8.49. The fourth-order valence-corrected chi connectivity index (χ4v) is 3.23. The van der Waals surface area contributed by atoms with Gasteiger partial charge in [0.1, 0.15) is 11.4 Å². The molecule has 0 saturated carbocycles. The number of rotatable bonds is 11. The summed E-state index contributed by atoms with van der Waals surface area (Å²) in [6, 6.07) is 10.5. The Labute approximate surface area is 184 Å². The number of nitro benzene ring substituents is 1. The molecule has 0 fully saturated rings. The normalized spacial score (nSPS) is 10.8. The molecule has 0 spiro atoms. The SMILES string of the molecule is COC(=O)CCCCC(=O)Nc1cc(NS(C)(=O)=O)c(Oc2ccccc2)cc1[N+](=O)[O-]. The minimum Gasteiger partial charge on any atom is -0.469 e. The first-order valence-corrected chi connectivity index (χ1v) is 11.4. The van der Waals surface area contributed by atoms with E-state index in [4.69, 9.17) is 4.74 Å². The largest absolute Gasteiger partial charge is 0.469 e. The van der Waals surface area contributed by atoms with Gasteiger partial charge in [-0.2, -0.15) is 0 Å². The highest BCUT2D eigenvalue weighted by molar-refractivity contribution is 7.92. The number of benzene rings is 2. The van der Waals surface area contributed by atoms with Crippen LogP contribution in [0.5, 0.6) is 11.5 Å². The van der Waals surface area contributed by atoms with E-state index in [1.165, 1.54) is 7.11 Å². The first-order valence-electron chi connectivity index (χ1n) is 9.49. The minimum atomic E-state index is -3.75. The Bertz CT molecular complexity index is 1090. The number of esters is 1. The standard InChI is InChI=1S/C20H23N3O8S/c1-30-20(25)11-7-6-10-19(24)21-15-12-16(22-32(2,28)29)18(13-17(15)23(26)27)31-14-8-4-3-5-9-14/h3-5,8-9,12-13,22H,6-7,10-11H2,1-2H3,(H,21,24). The number of hydrogen-bond acceptors (Lipinski definition) is 8.